The van der Waals surface area contributed by atoms with E-state index < -0.39 is 10.0 Å². The summed E-state index contributed by atoms with van der Waals surface area (Å²) in [6.45, 7) is 0. The summed E-state index contributed by atoms with van der Waals surface area (Å²) in [6.07, 6.45) is 2.91. The van der Waals surface area contributed by atoms with E-state index in [4.69, 9.17) is 5.14 Å². The number of pyridine rings is 1. The summed E-state index contributed by atoms with van der Waals surface area (Å²) in [5.41, 5.74) is 2.03. The minimum atomic E-state index is -3.64. The van der Waals surface area contributed by atoms with E-state index in [1.807, 2.05) is 0 Å². The first kappa shape index (κ1) is 8.65. The van der Waals surface area contributed by atoms with Crippen LogP contribution in [0.5, 0.6) is 0 Å². The van der Waals surface area contributed by atoms with Crippen molar-refractivity contribution in [3.8, 4) is 0 Å². The van der Waals surface area contributed by atoms with E-state index in [1.54, 1.807) is 6.07 Å². The van der Waals surface area contributed by atoms with Gasteiger partial charge >= 0.3 is 0 Å². The molecule has 1 heterocycles. The van der Waals surface area contributed by atoms with Gasteiger partial charge in [-0.25, -0.2) is 18.5 Å². The van der Waals surface area contributed by atoms with Crippen LogP contribution in [0.4, 0.5) is 0 Å². The van der Waals surface area contributed by atoms with Gasteiger partial charge in [0.15, 0.2) is 5.03 Å². The molecule has 0 aliphatic heterocycles. The average Bonchev–Trinajstić information content (AvgIpc) is 2.47. The number of hydrogen-bond donors (Lipinski definition) is 1. The molecular weight excluding hydrogens is 188 g/mol. The van der Waals surface area contributed by atoms with Crippen molar-refractivity contribution < 1.29 is 8.42 Å². The van der Waals surface area contributed by atoms with Gasteiger partial charge in [0.1, 0.15) is 0 Å². The lowest BCUT2D eigenvalue weighted by Crippen LogP contribution is -2.14. The Hall–Kier alpha value is -0.940. The zero-order valence-corrected chi connectivity index (χ0v) is 7.84. The molecule has 0 unspecified atom stereocenters. The molecule has 0 fully saturated rings. The monoisotopic (exact) mass is 198 g/mol. The molecule has 2 N–H and O–H groups in total. The maximum absolute atomic E-state index is 10.9. The van der Waals surface area contributed by atoms with Crippen molar-refractivity contribution in [1.82, 2.24) is 4.98 Å². The number of fused-ring (bicyclic) bond motifs is 1. The lowest BCUT2D eigenvalue weighted by Gasteiger charge is -2.00. The zero-order valence-electron chi connectivity index (χ0n) is 7.03. The average molecular weight is 198 g/mol. The van der Waals surface area contributed by atoms with Gasteiger partial charge in [-0.05, 0) is 30.9 Å². The second kappa shape index (κ2) is 2.78. The predicted octanol–water partition coefficient (Wildman–Crippen LogP) is 0.218. The van der Waals surface area contributed by atoms with Crippen molar-refractivity contribution in [2.24, 2.45) is 5.14 Å². The van der Waals surface area contributed by atoms with E-state index in [2.05, 4.69) is 4.98 Å². The highest BCUT2D eigenvalue weighted by atomic mass is 32.2. The molecule has 4 nitrogen and oxygen atoms in total. The van der Waals surface area contributed by atoms with Crippen LogP contribution >= 0.6 is 0 Å². The molecule has 1 aliphatic carbocycles. The fourth-order valence-corrected chi connectivity index (χ4v) is 2.05. The molecule has 0 bridgehead atoms. The highest BCUT2D eigenvalue weighted by Gasteiger charge is 2.16. The lowest BCUT2D eigenvalue weighted by molar-refractivity contribution is 0.593. The highest BCUT2D eigenvalue weighted by molar-refractivity contribution is 7.89. The quantitative estimate of drug-likeness (QED) is 0.701. The highest BCUT2D eigenvalue weighted by Crippen LogP contribution is 2.20. The fraction of sp³-hybridized carbons (Fsp3) is 0.375. The van der Waals surface area contributed by atoms with Gasteiger partial charge in [0.2, 0.25) is 0 Å². The Kier molecular flexibility index (Phi) is 1.85. The van der Waals surface area contributed by atoms with Crippen molar-refractivity contribution in [3.63, 3.8) is 0 Å². The van der Waals surface area contributed by atoms with E-state index in [0.29, 0.717) is 0 Å². The summed E-state index contributed by atoms with van der Waals surface area (Å²) in [4.78, 5) is 4.01. The molecule has 0 aromatic carbocycles. The number of hydrogen-bond acceptors (Lipinski definition) is 3. The molecule has 0 saturated carbocycles. The van der Waals surface area contributed by atoms with Crippen molar-refractivity contribution >= 4 is 10.0 Å². The van der Waals surface area contributed by atoms with Crippen LogP contribution in [0.2, 0.25) is 0 Å². The summed E-state index contributed by atoms with van der Waals surface area (Å²) < 4.78 is 21.9. The standard InChI is InChI=1S/C8H10N2O2S/c9-13(11,12)8-5-4-6-2-1-3-7(6)10-8/h4-5H,1-3H2,(H2,9,11,12). The number of primary sulfonamides is 1. The van der Waals surface area contributed by atoms with E-state index in [9.17, 15) is 8.42 Å². The molecule has 1 aromatic heterocycles. The molecule has 1 aromatic rings. The molecule has 0 saturated heterocycles. The Morgan fingerprint density at radius 2 is 2.08 bits per heavy atom. The minimum Gasteiger partial charge on any atom is -0.240 e. The third-order valence-electron chi connectivity index (χ3n) is 2.19. The van der Waals surface area contributed by atoms with Gasteiger partial charge in [-0.1, -0.05) is 6.07 Å². The maximum atomic E-state index is 10.9. The molecule has 70 valence electrons. The number of aromatic nitrogens is 1. The van der Waals surface area contributed by atoms with Crippen LogP contribution in [0.3, 0.4) is 0 Å². The summed E-state index contributed by atoms with van der Waals surface area (Å²) in [5.74, 6) is 0. The third kappa shape index (κ3) is 1.57. The molecule has 0 atom stereocenters. The van der Waals surface area contributed by atoms with Crippen molar-refractivity contribution in [2.45, 2.75) is 24.3 Å². The zero-order chi connectivity index (χ0) is 9.47. The largest absolute Gasteiger partial charge is 0.255 e. The third-order valence-corrected chi connectivity index (χ3v) is 3.00. The Morgan fingerprint density at radius 3 is 2.77 bits per heavy atom. The Labute approximate surface area is 76.8 Å². The van der Waals surface area contributed by atoms with Gasteiger partial charge in [-0.3, -0.25) is 0 Å². The lowest BCUT2D eigenvalue weighted by atomic mass is 10.2. The molecule has 0 radical (unpaired) electrons. The van der Waals surface area contributed by atoms with Crippen LogP contribution in [0.15, 0.2) is 17.2 Å². The van der Waals surface area contributed by atoms with Crippen molar-refractivity contribution in [2.75, 3.05) is 0 Å². The Bertz CT molecular complexity index is 439. The summed E-state index contributed by atoms with van der Waals surface area (Å²) in [5, 5.41) is 4.94. The van der Waals surface area contributed by atoms with E-state index in [1.165, 1.54) is 6.07 Å². The van der Waals surface area contributed by atoms with Gasteiger partial charge < -0.3 is 0 Å². The molecule has 0 spiro atoms. The van der Waals surface area contributed by atoms with Crippen LogP contribution in [0.25, 0.3) is 0 Å². The Balaban J connectivity index is 2.54. The van der Waals surface area contributed by atoms with Gasteiger partial charge in [0, 0.05) is 5.69 Å². The predicted molar refractivity (Wildman–Crippen MR) is 47.6 cm³/mol. The SMILES string of the molecule is NS(=O)(=O)c1ccc2c(n1)CCC2. The molecular formula is C8H10N2O2S. The first-order chi connectivity index (χ1) is 6.07. The second-order valence-corrected chi connectivity index (χ2v) is 4.66. The Morgan fingerprint density at radius 1 is 1.31 bits per heavy atom. The van der Waals surface area contributed by atoms with Gasteiger partial charge in [-0.2, -0.15) is 0 Å². The first-order valence-electron chi connectivity index (χ1n) is 4.09. The van der Waals surface area contributed by atoms with Gasteiger partial charge in [-0.15, -0.1) is 0 Å². The van der Waals surface area contributed by atoms with Crippen molar-refractivity contribution in [3.05, 3.63) is 23.4 Å². The maximum Gasteiger partial charge on any atom is 0.255 e. The van der Waals surface area contributed by atoms with E-state index >= 15 is 0 Å². The van der Waals surface area contributed by atoms with Crippen LogP contribution in [0, 0.1) is 0 Å². The second-order valence-electron chi connectivity index (χ2n) is 3.15. The number of aryl methyl sites for hydroxylation is 2. The summed E-state index contributed by atoms with van der Waals surface area (Å²) in [6, 6.07) is 3.27. The van der Waals surface area contributed by atoms with E-state index in [0.717, 1.165) is 30.5 Å². The molecule has 0 amide bonds. The first-order valence-corrected chi connectivity index (χ1v) is 5.63. The number of nitrogens with zero attached hydrogens (tertiary/aromatic N) is 1. The number of rotatable bonds is 1. The van der Waals surface area contributed by atoms with Crippen LogP contribution in [-0.2, 0) is 22.9 Å². The summed E-state index contributed by atoms with van der Waals surface area (Å²) >= 11 is 0. The molecule has 5 heteroatoms. The normalized spacial score (nSPS) is 15.8. The van der Waals surface area contributed by atoms with E-state index in [-0.39, 0.29) is 5.03 Å². The van der Waals surface area contributed by atoms with Gasteiger partial charge in [0.05, 0.1) is 0 Å². The topological polar surface area (TPSA) is 73.1 Å². The number of sulfonamides is 1. The summed E-state index contributed by atoms with van der Waals surface area (Å²) in [7, 11) is -3.64. The fourth-order valence-electron chi connectivity index (χ4n) is 1.56. The van der Waals surface area contributed by atoms with Crippen LogP contribution in [0.1, 0.15) is 17.7 Å². The molecule has 1 aliphatic rings. The molecule has 13 heavy (non-hydrogen) atoms. The van der Waals surface area contributed by atoms with Crippen molar-refractivity contribution in [1.29, 1.82) is 0 Å². The van der Waals surface area contributed by atoms with Gasteiger partial charge in [0.25, 0.3) is 10.0 Å². The minimum absolute atomic E-state index is 0.0202. The van der Waals surface area contributed by atoms with Crippen LogP contribution < -0.4 is 5.14 Å². The number of nitrogens with two attached hydrogens (primary N) is 1. The molecule has 2 rings (SSSR count). The van der Waals surface area contributed by atoms with Crippen LogP contribution in [-0.4, -0.2) is 13.4 Å². The smallest absolute Gasteiger partial charge is 0.240 e.